The van der Waals surface area contributed by atoms with E-state index in [0.29, 0.717) is 49.3 Å². The summed E-state index contributed by atoms with van der Waals surface area (Å²) in [4.78, 5) is 21.0. The van der Waals surface area contributed by atoms with Crippen LogP contribution in [0.25, 0.3) is 11.4 Å². The second kappa shape index (κ2) is 8.09. The number of halogens is 5. The number of rotatable bonds is 5. The third kappa shape index (κ3) is 4.76. The number of hydrogen-bond acceptors (Lipinski definition) is 7. The van der Waals surface area contributed by atoms with Gasteiger partial charge in [0.05, 0.1) is 18.1 Å². The molecule has 5 rings (SSSR count). The van der Waals surface area contributed by atoms with Gasteiger partial charge >= 0.3 is 6.18 Å². The van der Waals surface area contributed by atoms with Crippen LogP contribution in [-0.4, -0.2) is 62.1 Å². The average molecular weight is 494 g/mol. The molecule has 186 valence electrons. The Bertz CT molecular complexity index is 1230. The summed E-state index contributed by atoms with van der Waals surface area (Å²) in [5, 5.41) is 3.77. The van der Waals surface area contributed by atoms with Crippen LogP contribution in [0.15, 0.2) is 30.7 Å². The van der Waals surface area contributed by atoms with Gasteiger partial charge < -0.3 is 9.80 Å². The van der Waals surface area contributed by atoms with E-state index in [4.69, 9.17) is 0 Å². The van der Waals surface area contributed by atoms with Crippen LogP contribution in [0.4, 0.5) is 33.6 Å². The van der Waals surface area contributed by atoms with Crippen LogP contribution in [0.3, 0.4) is 0 Å². The highest BCUT2D eigenvalue weighted by Crippen LogP contribution is 2.43. The SMILES string of the molecule is Cc1nc(N2CC3(CCN(c4cncc(-c5ccnn5CC(F)(F)F)n4)C3)C2)cc(C(C)(F)F)n1. The molecule has 8 nitrogen and oxygen atoms in total. The minimum absolute atomic E-state index is 0.0521. The lowest BCUT2D eigenvalue weighted by Gasteiger charge is -2.48. The maximum Gasteiger partial charge on any atom is 0.408 e. The molecule has 0 saturated carbocycles. The summed E-state index contributed by atoms with van der Waals surface area (Å²) in [5.74, 6) is -1.69. The lowest BCUT2D eigenvalue weighted by atomic mass is 9.79. The van der Waals surface area contributed by atoms with Gasteiger partial charge in [-0.2, -0.15) is 27.1 Å². The normalized spacial score (nSPS) is 17.8. The van der Waals surface area contributed by atoms with Gasteiger partial charge in [0.25, 0.3) is 5.92 Å². The average Bonchev–Trinajstić information content (AvgIpc) is 3.38. The van der Waals surface area contributed by atoms with Gasteiger partial charge in [-0.15, -0.1) is 0 Å². The van der Waals surface area contributed by atoms with E-state index in [2.05, 4.69) is 29.9 Å². The first-order chi connectivity index (χ1) is 16.4. The first kappa shape index (κ1) is 23.4. The molecule has 0 aliphatic carbocycles. The molecule has 0 amide bonds. The molecular formula is C22H23F5N8. The number of aryl methyl sites for hydroxylation is 1. The Hall–Kier alpha value is -3.38. The second-order valence-corrected chi connectivity index (χ2v) is 9.33. The van der Waals surface area contributed by atoms with Crippen LogP contribution in [0.2, 0.25) is 0 Å². The summed E-state index contributed by atoms with van der Waals surface area (Å²) in [6, 6.07) is 2.82. The predicted octanol–water partition coefficient (Wildman–Crippen LogP) is 3.83. The molecule has 0 bridgehead atoms. The van der Waals surface area contributed by atoms with Gasteiger partial charge in [0.15, 0.2) is 0 Å². The van der Waals surface area contributed by atoms with E-state index in [1.54, 1.807) is 13.1 Å². The lowest BCUT2D eigenvalue weighted by Crippen LogP contribution is -2.58. The molecule has 3 aromatic heterocycles. The van der Waals surface area contributed by atoms with Gasteiger partial charge in [-0.1, -0.05) is 0 Å². The predicted molar refractivity (Wildman–Crippen MR) is 117 cm³/mol. The summed E-state index contributed by atoms with van der Waals surface area (Å²) in [6.07, 6.45) is 0.773. The third-order valence-corrected chi connectivity index (χ3v) is 6.34. The van der Waals surface area contributed by atoms with Gasteiger partial charge in [0, 0.05) is 50.8 Å². The van der Waals surface area contributed by atoms with Gasteiger partial charge in [-0.3, -0.25) is 9.67 Å². The highest BCUT2D eigenvalue weighted by atomic mass is 19.4. The number of aromatic nitrogens is 6. The Morgan fingerprint density at radius 2 is 1.71 bits per heavy atom. The molecule has 0 N–H and O–H groups in total. The first-order valence-corrected chi connectivity index (χ1v) is 11.1. The quantitative estimate of drug-likeness (QED) is 0.499. The van der Waals surface area contributed by atoms with Crippen molar-refractivity contribution >= 4 is 11.6 Å². The third-order valence-electron chi connectivity index (χ3n) is 6.34. The van der Waals surface area contributed by atoms with Crippen molar-refractivity contribution in [2.75, 3.05) is 36.0 Å². The summed E-state index contributed by atoms with van der Waals surface area (Å²) < 4.78 is 67.0. The number of nitrogens with zero attached hydrogens (tertiary/aromatic N) is 8. The Balaban J connectivity index is 1.29. The fraction of sp³-hybridized carbons (Fsp3) is 0.500. The van der Waals surface area contributed by atoms with Crippen LogP contribution in [0.5, 0.6) is 0 Å². The molecule has 0 aromatic carbocycles. The number of hydrogen-bond donors (Lipinski definition) is 0. The zero-order valence-corrected chi connectivity index (χ0v) is 19.1. The standard InChI is InChI=1S/C22H23F5N8/c1-14-30-17(20(2,23)24)7-18(31-14)34-11-21(12-34)4-6-33(10-21)19-9-28-8-15(32-19)16-3-5-29-35(16)13-22(25,26)27/h3,5,7-9H,4,6,10-13H2,1-2H3. The van der Waals surface area contributed by atoms with Crippen LogP contribution < -0.4 is 9.80 Å². The fourth-order valence-electron chi connectivity index (χ4n) is 4.73. The summed E-state index contributed by atoms with van der Waals surface area (Å²) in [5.41, 5.74) is 0.197. The maximum absolute atomic E-state index is 13.8. The van der Waals surface area contributed by atoms with Crippen molar-refractivity contribution in [2.24, 2.45) is 5.41 Å². The Morgan fingerprint density at radius 1 is 0.971 bits per heavy atom. The van der Waals surface area contributed by atoms with Gasteiger partial charge in [0.2, 0.25) is 0 Å². The smallest absolute Gasteiger partial charge is 0.355 e. The molecule has 1 spiro atoms. The topological polar surface area (TPSA) is 75.9 Å². The van der Waals surface area contributed by atoms with E-state index in [1.165, 1.54) is 24.5 Å². The first-order valence-electron chi connectivity index (χ1n) is 11.1. The minimum atomic E-state index is -4.40. The molecule has 3 aromatic rings. The number of alkyl halides is 5. The largest absolute Gasteiger partial charge is 0.408 e. The van der Waals surface area contributed by atoms with Crippen molar-refractivity contribution in [1.82, 2.24) is 29.7 Å². The van der Waals surface area contributed by atoms with Crippen molar-refractivity contribution in [3.05, 3.63) is 42.2 Å². The van der Waals surface area contributed by atoms with Crippen molar-refractivity contribution in [2.45, 2.75) is 38.9 Å². The molecule has 0 radical (unpaired) electrons. The Kier molecular flexibility index (Phi) is 5.40. The van der Waals surface area contributed by atoms with E-state index in [1.807, 2.05) is 4.90 Å². The molecule has 0 atom stereocenters. The van der Waals surface area contributed by atoms with Crippen LogP contribution >= 0.6 is 0 Å². The molecule has 2 fully saturated rings. The van der Waals surface area contributed by atoms with Crippen molar-refractivity contribution < 1.29 is 22.0 Å². The van der Waals surface area contributed by atoms with Crippen molar-refractivity contribution in [3.8, 4) is 11.4 Å². The zero-order chi connectivity index (χ0) is 25.0. The van der Waals surface area contributed by atoms with E-state index in [0.717, 1.165) is 18.0 Å². The molecule has 13 heteroatoms. The summed E-state index contributed by atoms with van der Waals surface area (Å²) in [7, 11) is 0. The van der Waals surface area contributed by atoms with Gasteiger partial charge in [0.1, 0.15) is 35.4 Å². The molecule has 2 aliphatic rings. The zero-order valence-electron chi connectivity index (χ0n) is 19.1. The molecular weight excluding hydrogens is 471 g/mol. The Labute approximate surface area is 197 Å². The molecule has 35 heavy (non-hydrogen) atoms. The van der Waals surface area contributed by atoms with Crippen LogP contribution in [0, 0.1) is 12.3 Å². The molecule has 2 aliphatic heterocycles. The van der Waals surface area contributed by atoms with Crippen molar-refractivity contribution in [3.63, 3.8) is 0 Å². The highest BCUT2D eigenvalue weighted by molar-refractivity contribution is 5.56. The monoisotopic (exact) mass is 494 g/mol. The Morgan fingerprint density at radius 3 is 2.43 bits per heavy atom. The second-order valence-electron chi connectivity index (χ2n) is 9.33. The highest BCUT2D eigenvalue weighted by Gasteiger charge is 2.49. The van der Waals surface area contributed by atoms with E-state index < -0.39 is 18.6 Å². The van der Waals surface area contributed by atoms with Gasteiger partial charge in [-0.25, -0.2) is 15.0 Å². The molecule has 0 unspecified atom stereocenters. The molecule has 5 heterocycles. The summed E-state index contributed by atoms with van der Waals surface area (Å²) in [6.45, 7) is 3.88. The summed E-state index contributed by atoms with van der Waals surface area (Å²) >= 11 is 0. The van der Waals surface area contributed by atoms with E-state index >= 15 is 0 Å². The van der Waals surface area contributed by atoms with E-state index in [-0.39, 0.29) is 16.8 Å². The lowest BCUT2D eigenvalue weighted by molar-refractivity contribution is -0.142. The minimum Gasteiger partial charge on any atom is -0.355 e. The fourth-order valence-corrected chi connectivity index (χ4v) is 4.73. The van der Waals surface area contributed by atoms with Crippen LogP contribution in [0.1, 0.15) is 24.9 Å². The maximum atomic E-state index is 13.8. The number of anilines is 2. The molecule has 2 saturated heterocycles. The van der Waals surface area contributed by atoms with Crippen molar-refractivity contribution in [1.29, 1.82) is 0 Å². The van der Waals surface area contributed by atoms with E-state index in [9.17, 15) is 22.0 Å². The van der Waals surface area contributed by atoms with Crippen LogP contribution in [-0.2, 0) is 12.5 Å². The van der Waals surface area contributed by atoms with Gasteiger partial charge in [-0.05, 0) is 19.4 Å².